The number of fused-ring (bicyclic) bond motifs is 6. The van der Waals surface area contributed by atoms with Crippen molar-refractivity contribution in [2.24, 2.45) is 9.98 Å². The molecule has 2 nitrogen and oxygen atoms in total. The summed E-state index contributed by atoms with van der Waals surface area (Å²) in [6.45, 7) is 2.23. The maximum Gasteiger partial charge on any atom is 0.161 e. The molecule has 10 rings (SSSR count). The van der Waals surface area contributed by atoms with Crippen LogP contribution in [0.3, 0.4) is 0 Å². The monoisotopic (exact) mass is 716 g/mol. The standard InChI is InChI=1S/C49H36N2S2/c1-31-29-30-43(33-17-7-3-8-18-33)50-49(51-44(31)34-19-9-4-10-20-34)42-28-14-27-41-40-26-13-25-39(47(40)53-48(41)42)38-24-12-23-37-36-22-11-21-35(45(36)52-46(37)38)32-15-5-2-6-16-32/h2-15,17-28,32H,16,29-30H2,1H3/b44-31+,50-43+,51-49-. The number of benzene rings is 6. The Kier molecular flexibility index (Phi) is 8.08. The average Bonchev–Trinajstić information content (AvgIpc) is 3.80. The van der Waals surface area contributed by atoms with Gasteiger partial charge in [0.2, 0.25) is 0 Å². The second kappa shape index (κ2) is 13.4. The van der Waals surface area contributed by atoms with Crippen molar-refractivity contribution in [3.05, 3.63) is 186 Å². The maximum atomic E-state index is 5.45. The number of hydrogen-bond donors (Lipinski definition) is 0. The van der Waals surface area contributed by atoms with Gasteiger partial charge in [0.05, 0.1) is 11.4 Å². The molecule has 0 saturated carbocycles. The highest BCUT2D eigenvalue weighted by molar-refractivity contribution is 7.27. The van der Waals surface area contributed by atoms with Gasteiger partial charge in [-0.15, -0.1) is 22.7 Å². The third-order valence-electron chi connectivity index (χ3n) is 10.7. The summed E-state index contributed by atoms with van der Waals surface area (Å²) in [6, 6.07) is 48.4. The first-order valence-corrected chi connectivity index (χ1v) is 20.0. The van der Waals surface area contributed by atoms with Gasteiger partial charge in [-0.3, -0.25) is 0 Å². The highest BCUT2D eigenvalue weighted by Crippen LogP contribution is 2.47. The number of nitrogens with zero attached hydrogens (tertiary/aromatic N) is 2. The minimum Gasteiger partial charge on any atom is -0.232 e. The number of thiophene rings is 2. The molecule has 1 aliphatic carbocycles. The van der Waals surface area contributed by atoms with Crippen LogP contribution < -0.4 is 0 Å². The summed E-state index contributed by atoms with van der Waals surface area (Å²) < 4.78 is 5.27. The topological polar surface area (TPSA) is 24.7 Å². The van der Waals surface area contributed by atoms with E-state index in [9.17, 15) is 0 Å². The van der Waals surface area contributed by atoms with Crippen molar-refractivity contribution in [2.75, 3.05) is 0 Å². The van der Waals surface area contributed by atoms with E-state index in [0.717, 1.165) is 53.2 Å². The lowest BCUT2D eigenvalue weighted by Crippen LogP contribution is -2.10. The zero-order chi connectivity index (χ0) is 35.3. The Labute approximate surface area is 317 Å². The van der Waals surface area contributed by atoms with Crippen molar-refractivity contribution in [3.63, 3.8) is 0 Å². The third-order valence-corrected chi connectivity index (χ3v) is 13.3. The first kappa shape index (κ1) is 32.0. The number of aliphatic imine (C=N–C) groups is 2. The minimum atomic E-state index is 0.409. The molecule has 0 amide bonds. The van der Waals surface area contributed by atoms with E-state index in [-0.39, 0.29) is 0 Å². The molecule has 2 aromatic heterocycles. The first-order chi connectivity index (χ1) is 26.2. The summed E-state index contributed by atoms with van der Waals surface area (Å²) in [5.41, 5.74) is 10.7. The van der Waals surface area contributed by atoms with Gasteiger partial charge in [0, 0.05) is 68.5 Å². The molecule has 0 bridgehead atoms. The molecule has 0 fully saturated rings. The molecule has 0 spiro atoms. The molecule has 1 aliphatic heterocycles. The fourth-order valence-electron chi connectivity index (χ4n) is 8.07. The predicted molar refractivity (Wildman–Crippen MR) is 231 cm³/mol. The van der Waals surface area contributed by atoms with Gasteiger partial charge in [-0.05, 0) is 49.0 Å². The molecular weight excluding hydrogens is 681 g/mol. The van der Waals surface area contributed by atoms with Crippen LogP contribution in [0.5, 0.6) is 0 Å². The van der Waals surface area contributed by atoms with Crippen molar-refractivity contribution in [1.29, 1.82) is 0 Å². The number of hydrogen-bond acceptors (Lipinski definition) is 4. The molecule has 8 aromatic rings. The lowest BCUT2D eigenvalue weighted by atomic mass is 9.91. The van der Waals surface area contributed by atoms with Crippen LogP contribution in [0.2, 0.25) is 0 Å². The molecule has 6 aromatic carbocycles. The quantitative estimate of drug-likeness (QED) is 0.169. The van der Waals surface area contributed by atoms with Gasteiger partial charge in [0.15, 0.2) is 5.84 Å². The molecule has 1 atom stereocenters. The van der Waals surface area contributed by atoms with E-state index in [1.807, 2.05) is 22.7 Å². The van der Waals surface area contributed by atoms with Crippen molar-refractivity contribution >= 4 is 80.3 Å². The van der Waals surface area contributed by atoms with Crippen molar-refractivity contribution in [2.45, 2.75) is 32.1 Å². The summed E-state index contributed by atoms with van der Waals surface area (Å²) in [7, 11) is 0. The molecule has 254 valence electrons. The second-order valence-corrected chi connectivity index (χ2v) is 16.0. The Bertz CT molecular complexity index is 2860. The Hall–Kier alpha value is -5.68. The zero-order valence-electron chi connectivity index (χ0n) is 29.4. The summed E-state index contributed by atoms with van der Waals surface area (Å²) in [5, 5.41) is 5.21. The van der Waals surface area contributed by atoms with Crippen LogP contribution in [0.15, 0.2) is 173 Å². The summed E-state index contributed by atoms with van der Waals surface area (Å²) in [5.74, 6) is 1.18. The van der Waals surface area contributed by atoms with E-state index in [2.05, 4.69) is 165 Å². The van der Waals surface area contributed by atoms with Gasteiger partial charge in [0.25, 0.3) is 0 Å². The fourth-order valence-corrected chi connectivity index (χ4v) is 10.8. The van der Waals surface area contributed by atoms with E-state index in [4.69, 9.17) is 9.98 Å². The molecule has 0 N–H and O–H groups in total. The maximum absolute atomic E-state index is 5.45. The van der Waals surface area contributed by atoms with Gasteiger partial charge < -0.3 is 0 Å². The Morgan fingerprint density at radius 1 is 0.509 bits per heavy atom. The SMILES string of the molecule is C\C1=C(c2ccccc2)/N=C(c2cccc3c2sc2c(-c4cccc5c4sc4c(C6C=CC=CC6)cccc45)cccc23)\N=C(\c2ccccc2)CC1. The van der Waals surface area contributed by atoms with Crippen LogP contribution in [0.25, 0.3) is 57.2 Å². The molecule has 53 heavy (non-hydrogen) atoms. The Morgan fingerprint density at radius 2 is 1.08 bits per heavy atom. The number of rotatable bonds is 5. The molecule has 2 aliphatic rings. The average molecular weight is 717 g/mol. The Morgan fingerprint density at radius 3 is 1.72 bits per heavy atom. The van der Waals surface area contributed by atoms with Crippen LogP contribution >= 0.6 is 22.7 Å². The molecule has 0 radical (unpaired) electrons. The van der Waals surface area contributed by atoms with Gasteiger partial charge in [-0.25, -0.2) is 9.98 Å². The van der Waals surface area contributed by atoms with E-state index >= 15 is 0 Å². The van der Waals surface area contributed by atoms with Crippen LogP contribution in [0.1, 0.15) is 54.4 Å². The van der Waals surface area contributed by atoms with E-state index in [1.54, 1.807) is 0 Å². The summed E-state index contributed by atoms with van der Waals surface area (Å²) in [6.07, 6.45) is 11.8. The summed E-state index contributed by atoms with van der Waals surface area (Å²) >= 11 is 3.82. The minimum absolute atomic E-state index is 0.409. The molecule has 1 unspecified atom stereocenters. The van der Waals surface area contributed by atoms with Crippen molar-refractivity contribution in [3.8, 4) is 11.1 Å². The van der Waals surface area contributed by atoms with E-state index < -0.39 is 0 Å². The van der Waals surface area contributed by atoms with Gasteiger partial charge in [-0.1, -0.05) is 152 Å². The van der Waals surface area contributed by atoms with Gasteiger partial charge >= 0.3 is 0 Å². The fraction of sp³-hybridized carbons (Fsp3) is 0.102. The highest BCUT2D eigenvalue weighted by Gasteiger charge is 2.22. The van der Waals surface area contributed by atoms with E-state index in [0.29, 0.717) is 5.92 Å². The lowest BCUT2D eigenvalue weighted by Gasteiger charge is -2.16. The van der Waals surface area contributed by atoms with Gasteiger partial charge in [-0.2, -0.15) is 0 Å². The van der Waals surface area contributed by atoms with Gasteiger partial charge in [0.1, 0.15) is 0 Å². The Balaban J connectivity index is 1.18. The number of allylic oxidation sites excluding steroid dienone is 5. The first-order valence-electron chi connectivity index (χ1n) is 18.4. The normalized spacial score (nSPS) is 19.7. The number of amidine groups is 1. The summed E-state index contributed by atoms with van der Waals surface area (Å²) in [4.78, 5) is 10.9. The smallest absolute Gasteiger partial charge is 0.161 e. The second-order valence-electron chi connectivity index (χ2n) is 14.0. The van der Waals surface area contributed by atoms with Crippen molar-refractivity contribution < 1.29 is 0 Å². The van der Waals surface area contributed by atoms with Crippen LogP contribution in [0.4, 0.5) is 0 Å². The van der Waals surface area contributed by atoms with Crippen molar-refractivity contribution in [1.82, 2.24) is 0 Å². The lowest BCUT2D eigenvalue weighted by molar-refractivity contribution is 0.863. The highest BCUT2D eigenvalue weighted by atomic mass is 32.1. The van der Waals surface area contributed by atoms with Crippen LogP contribution in [0, 0.1) is 0 Å². The van der Waals surface area contributed by atoms with Crippen LogP contribution in [-0.4, -0.2) is 11.5 Å². The molecule has 4 heteroatoms. The van der Waals surface area contributed by atoms with Crippen LogP contribution in [-0.2, 0) is 0 Å². The largest absolute Gasteiger partial charge is 0.232 e. The van der Waals surface area contributed by atoms with E-state index in [1.165, 1.54) is 62.6 Å². The predicted octanol–water partition coefficient (Wildman–Crippen LogP) is 14.1. The molecule has 3 heterocycles. The molecular formula is C49H36N2S2. The molecule has 0 saturated heterocycles. The zero-order valence-corrected chi connectivity index (χ0v) is 31.1. The third kappa shape index (κ3) is 5.61.